The van der Waals surface area contributed by atoms with Crippen LogP contribution in [0.15, 0.2) is 53.4 Å². The zero-order valence-corrected chi connectivity index (χ0v) is 14.8. The average Bonchev–Trinajstić information content (AvgIpc) is 3.08. The molecular weight excluding hydrogens is 361 g/mol. The molecule has 136 valence electrons. The van der Waals surface area contributed by atoms with Crippen molar-refractivity contribution >= 4 is 11.8 Å². The maximum atomic E-state index is 13.5. The summed E-state index contributed by atoms with van der Waals surface area (Å²) in [6.45, 7) is -0.00804. The van der Waals surface area contributed by atoms with Crippen LogP contribution < -0.4 is 0 Å². The van der Waals surface area contributed by atoms with E-state index in [-0.39, 0.29) is 12.2 Å². The van der Waals surface area contributed by atoms with Crippen LogP contribution in [-0.2, 0) is 12.6 Å². The molecular formula is C19H17F3N2OS. The highest BCUT2D eigenvalue weighted by Gasteiger charge is 2.38. The first-order chi connectivity index (χ1) is 12.4. The van der Waals surface area contributed by atoms with Gasteiger partial charge >= 0.3 is 6.18 Å². The molecule has 0 amide bonds. The maximum Gasteiger partial charge on any atom is 0.435 e. The van der Waals surface area contributed by atoms with Crippen LogP contribution in [0.5, 0.6) is 0 Å². The van der Waals surface area contributed by atoms with Gasteiger partial charge in [-0.2, -0.15) is 18.3 Å². The van der Waals surface area contributed by atoms with Gasteiger partial charge in [0.15, 0.2) is 5.69 Å². The fourth-order valence-corrected chi connectivity index (χ4v) is 3.17. The molecule has 3 rings (SSSR count). The van der Waals surface area contributed by atoms with E-state index in [1.165, 1.54) is 0 Å². The molecule has 0 saturated carbocycles. The summed E-state index contributed by atoms with van der Waals surface area (Å²) >= 11 is 1.56. The van der Waals surface area contributed by atoms with Crippen LogP contribution in [0.2, 0.25) is 0 Å². The molecule has 1 heterocycles. The Morgan fingerprint density at radius 2 is 1.62 bits per heavy atom. The summed E-state index contributed by atoms with van der Waals surface area (Å²) in [7, 11) is 0. The number of hydrogen-bond acceptors (Lipinski definition) is 3. The smallest absolute Gasteiger partial charge is 0.396 e. The summed E-state index contributed by atoms with van der Waals surface area (Å²) < 4.78 is 40.4. The number of aromatic amines is 1. The van der Waals surface area contributed by atoms with Crippen molar-refractivity contribution in [2.45, 2.75) is 17.5 Å². The van der Waals surface area contributed by atoms with Crippen molar-refractivity contribution in [2.75, 3.05) is 12.9 Å². The van der Waals surface area contributed by atoms with Crippen molar-refractivity contribution in [1.82, 2.24) is 10.2 Å². The summed E-state index contributed by atoms with van der Waals surface area (Å²) in [6.07, 6.45) is -2.17. The number of alkyl halides is 3. The highest BCUT2D eigenvalue weighted by Crippen LogP contribution is 2.41. The number of nitrogens with zero attached hydrogens (tertiary/aromatic N) is 1. The van der Waals surface area contributed by atoms with Crippen LogP contribution in [0.4, 0.5) is 13.2 Å². The third kappa shape index (κ3) is 3.78. The molecule has 0 aliphatic rings. The minimum atomic E-state index is -4.56. The Balaban J connectivity index is 2.12. The maximum absolute atomic E-state index is 13.5. The van der Waals surface area contributed by atoms with Crippen molar-refractivity contribution in [1.29, 1.82) is 0 Å². The second-order valence-electron chi connectivity index (χ2n) is 5.72. The van der Waals surface area contributed by atoms with Gasteiger partial charge in [0, 0.05) is 22.6 Å². The first-order valence-corrected chi connectivity index (χ1v) is 9.16. The van der Waals surface area contributed by atoms with E-state index in [4.69, 9.17) is 5.11 Å². The third-order valence-corrected chi connectivity index (χ3v) is 4.80. The van der Waals surface area contributed by atoms with Gasteiger partial charge in [-0.3, -0.25) is 5.10 Å². The molecule has 26 heavy (non-hydrogen) atoms. The number of nitrogens with one attached hydrogen (secondary N) is 1. The lowest BCUT2D eigenvalue weighted by molar-refractivity contribution is -0.140. The predicted octanol–water partition coefficient (Wildman–Crippen LogP) is 5.02. The quantitative estimate of drug-likeness (QED) is 0.613. The Hall–Kier alpha value is -2.25. The standard InChI is InChI=1S/C19H17F3N2OS/c1-26-15-8-6-14(7-9-15)17-16(18(24-23-17)19(20,21)22)13-4-2-12(3-5-13)10-11-25/h2-9,25H,10-11H2,1H3,(H,23,24). The number of H-pyrrole nitrogens is 1. The number of aromatic nitrogens is 2. The molecule has 0 fully saturated rings. The minimum Gasteiger partial charge on any atom is -0.396 e. The van der Waals surface area contributed by atoms with Crippen molar-refractivity contribution < 1.29 is 18.3 Å². The Kier molecular flexibility index (Phi) is 5.38. The monoisotopic (exact) mass is 378 g/mol. The lowest BCUT2D eigenvalue weighted by Gasteiger charge is -2.10. The molecule has 3 aromatic rings. The van der Waals surface area contributed by atoms with E-state index in [0.717, 1.165) is 10.5 Å². The van der Waals surface area contributed by atoms with Crippen molar-refractivity contribution in [2.24, 2.45) is 0 Å². The summed E-state index contributed by atoms with van der Waals surface area (Å²) in [5.74, 6) is 0. The van der Waals surface area contributed by atoms with Gasteiger partial charge in [0.25, 0.3) is 0 Å². The molecule has 0 aliphatic heterocycles. The number of benzene rings is 2. The highest BCUT2D eigenvalue weighted by molar-refractivity contribution is 7.98. The Bertz CT molecular complexity index is 871. The van der Waals surface area contributed by atoms with Crippen LogP contribution in [0.3, 0.4) is 0 Å². The molecule has 1 aromatic heterocycles. The van der Waals surface area contributed by atoms with Gasteiger partial charge in [-0.25, -0.2) is 0 Å². The molecule has 2 aromatic carbocycles. The Labute approximate surface area is 153 Å². The topological polar surface area (TPSA) is 48.9 Å². The van der Waals surface area contributed by atoms with Gasteiger partial charge in [-0.1, -0.05) is 36.4 Å². The second kappa shape index (κ2) is 7.55. The fourth-order valence-electron chi connectivity index (χ4n) is 2.76. The van der Waals surface area contributed by atoms with Crippen LogP contribution in [-0.4, -0.2) is 28.2 Å². The van der Waals surface area contributed by atoms with Crippen LogP contribution in [0.1, 0.15) is 11.3 Å². The lowest BCUT2D eigenvalue weighted by atomic mass is 9.97. The first kappa shape index (κ1) is 18.5. The van der Waals surface area contributed by atoms with Crippen LogP contribution in [0, 0.1) is 0 Å². The van der Waals surface area contributed by atoms with E-state index < -0.39 is 11.9 Å². The summed E-state index contributed by atoms with van der Waals surface area (Å²) in [5.41, 5.74) is 1.36. The summed E-state index contributed by atoms with van der Waals surface area (Å²) in [6, 6.07) is 14.0. The molecule has 0 aliphatic carbocycles. The normalized spacial score (nSPS) is 11.7. The van der Waals surface area contributed by atoms with E-state index in [2.05, 4.69) is 10.2 Å². The van der Waals surface area contributed by atoms with Gasteiger partial charge in [-0.15, -0.1) is 11.8 Å². The number of aliphatic hydroxyl groups is 1. The lowest BCUT2D eigenvalue weighted by Crippen LogP contribution is -2.07. The van der Waals surface area contributed by atoms with Gasteiger partial charge < -0.3 is 5.11 Å². The van der Waals surface area contributed by atoms with Gasteiger partial charge in [0.1, 0.15) is 0 Å². The molecule has 2 N–H and O–H groups in total. The van der Waals surface area contributed by atoms with Crippen molar-refractivity contribution in [3.8, 4) is 22.4 Å². The Morgan fingerprint density at radius 1 is 1.00 bits per heavy atom. The van der Waals surface area contributed by atoms with E-state index >= 15 is 0 Å². The zero-order valence-electron chi connectivity index (χ0n) is 14.0. The van der Waals surface area contributed by atoms with E-state index in [0.29, 0.717) is 23.2 Å². The minimum absolute atomic E-state index is 0.00804. The largest absolute Gasteiger partial charge is 0.435 e. The number of rotatable bonds is 5. The molecule has 7 heteroatoms. The average molecular weight is 378 g/mol. The molecule has 0 spiro atoms. The number of aliphatic hydroxyl groups excluding tert-OH is 1. The number of thioether (sulfide) groups is 1. The van der Waals surface area contributed by atoms with Crippen molar-refractivity contribution in [3.63, 3.8) is 0 Å². The summed E-state index contributed by atoms with van der Waals surface area (Å²) in [5, 5.41) is 15.1. The van der Waals surface area contributed by atoms with Gasteiger partial charge in [-0.05, 0) is 35.9 Å². The van der Waals surface area contributed by atoms with Crippen LogP contribution in [0.25, 0.3) is 22.4 Å². The molecule has 0 bridgehead atoms. The van der Waals surface area contributed by atoms with E-state index in [1.54, 1.807) is 48.2 Å². The molecule has 0 saturated heterocycles. The number of halogens is 3. The fraction of sp³-hybridized carbons (Fsp3) is 0.211. The summed E-state index contributed by atoms with van der Waals surface area (Å²) in [4.78, 5) is 1.03. The number of hydrogen-bond donors (Lipinski definition) is 2. The predicted molar refractivity (Wildman–Crippen MR) is 97.0 cm³/mol. The molecule has 0 atom stereocenters. The van der Waals surface area contributed by atoms with E-state index in [1.807, 2.05) is 18.4 Å². The SMILES string of the molecule is CSc1ccc(-c2[nH]nc(C(F)(F)F)c2-c2ccc(CCO)cc2)cc1. The molecule has 3 nitrogen and oxygen atoms in total. The van der Waals surface area contributed by atoms with Gasteiger partial charge in [0.2, 0.25) is 0 Å². The van der Waals surface area contributed by atoms with E-state index in [9.17, 15) is 13.2 Å². The van der Waals surface area contributed by atoms with Gasteiger partial charge in [0.05, 0.1) is 5.69 Å². The third-order valence-electron chi connectivity index (χ3n) is 4.06. The second-order valence-corrected chi connectivity index (χ2v) is 6.60. The van der Waals surface area contributed by atoms with Crippen molar-refractivity contribution in [3.05, 3.63) is 59.8 Å². The molecule has 0 unspecified atom stereocenters. The Morgan fingerprint density at radius 3 is 2.15 bits per heavy atom. The molecule has 0 radical (unpaired) electrons. The first-order valence-electron chi connectivity index (χ1n) is 7.94. The highest BCUT2D eigenvalue weighted by atomic mass is 32.2. The van der Waals surface area contributed by atoms with Crippen LogP contribution >= 0.6 is 11.8 Å². The zero-order chi connectivity index (χ0) is 18.7.